The van der Waals surface area contributed by atoms with E-state index in [9.17, 15) is 0 Å². The van der Waals surface area contributed by atoms with E-state index in [4.69, 9.17) is 0 Å². The van der Waals surface area contributed by atoms with E-state index < -0.39 is 15.8 Å². The zero-order chi connectivity index (χ0) is 34.2. The molecule has 0 radical (unpaired) electrons. The standard InChI is InChI=1S/C48H40P2/c1-33-11-21-39(22-12-33)49(40-23-13-34(2)14-24-40)43-29-19-37-7-5-9-45(47(37)31-43)46-10-6-8-38-20-30-44(32-48(38)46)50(41-25-15-35(3)16-26-41)42-27-17-36(4)18-28-42/h5-32H,1-4H3. The summed E-state index contributed by atoms with van der Waals surface area (Å²) in [4.78, 5) is 0. The van der Waals surface area contributed by atoms with Gasteiger partial charge in [0, 0.05) is 0 Å². The van der Waals surface area contributed by atoms with Gasteiger partial charge in [0.15, 0.2) is 0 Å². The molecule has 0 unspecified atom stereocenters. The molecule has 242 valence electrons. The molecule has 2 heteroatoms. The Morgan fingerprint density at radius 1 is 0.280 bits per heavy atom. The quantitative estimate of drug-likeness (QED) is 0.147. The largest absolute Gasteiger partial charge is 0.0610 e. The Morgan fingerprint density at radius 3 is 0.860 bits per heavy atom. The summed E-state index contributed by atoms with van der Waals surface area (Å²) < 4.78 is 0. The van der Waals surface area contributed by atoms with Gasteiger partial charge in [-0.2, -0.15) is 0 Å². The van der Waals surface area contributed by atoms with Crippen LogP contribution in [0.25, 0.3) is 32.7 Å². The summed E-state index contributed by atoms with van der Waals surface area (Å²) in [7, 11) is -1.45. The average molecular weight is 679 g/mol. The van der Waals surface area contributed by atoms with Crippen LogP contribution in [0.2, 0.25) is 0 Å². The second-order valence-electron chi connectivity index (χ2n) is 13.4. The number of aryl methyl sites for hydroxylation is 4. The zero-order valence-electron chi connectivity index (χ0n) is 29.1. The van der Waals surface area contributed by atoms with Crippen molar-refractivity contribution in [2.75, 3.05) is 0 Å². The van der Waals surface area contributed by atoms with Crippen LogP contribution >= 0.6 is 15.8 Å². The summed E-state index contributed by atoms with van der Waals surface area (Å²) in [6.45, 7) is 8.67. The minimum Gasteiger partial charge on any atom is -0.0610 e. The maximum absolute atomic E-state index is 2.48. The van der Waals surface area contributed by atoms with Gasteiger partial charge in [-0.05, 0) is 120 Å². The van der Waals surface area contributed by atoms with Gasteiger partial charge in [-0.25, -0.2) is 0 Å². The first-order chi connectivity index (χ1) is 24.4. The molecule has 0 aromatic heterocycles. The van der Waals surface area contributed by atoms with E-state index >= 15 is 0 Å². The van der Waals surface area contributed by atoms with Crippen molar-refractivity contribution in [3.8, 4) is 11.1 Å². The lowest BCUT2D eigenvalue weighted by molar-refractivity contribution is 1.49. The summed E-state index contributed by atoms with van der Waals surface area (Å²) in [6.07, 6.45) is 0. The Bertz CT molecular complexity index is 2170. The smallest absolute Gasteiger partial charge is 0.00986 e. The molecule has 0 bridgehead atoms. The van der Waals surface area contributed by atoms with E-state index in [0.717, 1.165) is 0 Å². The third-order valence-electron chi connectivity index (χ3n) is 9.71. The first-order valence-corrected chi connectivity index (χ1v) is 20.0. The molecule has 50 heavy (non-hydrogen) atoms. The van der Waals surface area contributed by atoms with Crippen LogP contribution < -0.4 is 31.8 Å². The maximum atomic E-state index is 2.48. The lowest BCUT2D eigenvalue weighted by Crippen LogP contribution is -2.21. The van der Waals surface area contributed by atoms with Crippen LogP contribution in [-0.2, 0) is 0 Å². The highest BCUT2D eigenvalue weighted by Crippen LogP contribution is 2.40. The number of hydrogen-bond donors (Lipinski definition) is 0. The Balaban J connectivity index is 1.30. The van der Waals surface area contributed by atoms with Crippen molar-refractivity contribution in [2.24, 2.45) is 0 Å². The molecule has 0 fully saturated rings. The van der Waals surface area contributed by atoms with E-state index in [1.54, 1.807) is 0 Å². The molecule has 8 aromatic carbocycles. The Morgan fingerprint density at radius 2 is 0.560 bits per heavy atom. The van der Waals surface area contributed by atoms with Crippen molar-refractivity contribution < 1.29 is 0 Å². The predicted molar refractivity (Wildman–Crippen MR) is 223 cm³/mol. The fourth-order valence-electron chi connectivity index (χ4n) is 6.94. The van der Waals surface area contributed by atoms with Gasteiger partial charge in [0.05, 0.1) is 0 Å². The van der Waals surface area contributed by atoms with Gasteiger partial charge in [0.2, 0.25) is 0 Å². The van der Waals surface area contributed by atoms with Gasteiger partial charge in [0.1, 0.15) is 0 Å². The van der Waals surface area contributed by atoms with E-state index in [1.807, 2.05) is 0 Å². The van der Waals surface area contributed by atoms with Gasteiger partial charge in [-0.3, -0.25) is 0 Å². The van der Waals surface area contributed by atoms with Crippen molar-refractivity contribution in [2.45, 2.75) is 27.7 Å². The lowest BCUT2D eigenvalue weighted by atomic mass is 9.94. The lowest BCUT2D eigenvalue weighted by Gasteiger charge is -2.22. The third kappa shape index (κ3) is 6.43. The number of fused-ring (bicyclic) bond motifs is 2. The Kier molecular flexibility index (Phi) is 8.93. The van der Waals surface area contributed by atoms with Gasteiger partial charge in [-0.1, -0.05) is 180 Å². The van der Waals surface area contributed by atoms with Gasteiger partial charge >= 0.3 is 0 Å². The topological polar surface area (TPSA) is 0 Å². The van der Waals surface area contributed by atoms with Crippen LogP contribution in [0.15, 0.2) is 170 Å². The highest BCUT2D eigenvalue weighted by atomic mass is 31.1. The zero-order valence-corrected chi connectivity index (χ0v) is 30.8. The molecule has 0 atom stereocenters. The van der Waals surface area contributed by atoms with Crippen LogP contribution in [0.5, 0.6) is 0 Å². The van der Waals surface area contributed by atoms with Crippen LogP contribution in [-0.4, -0.2) is 0 Å². The summed E-state index contributed by atoms with van der Waals surface area (Å²) >= 11 is 0. The molecular weight excluding hydrogens is 638 g/mol. The van der Waals surface area contributed by atoms with Crippen molar-refractivity contribution in [1.82, 2.24) is 0 Å². The van der Waals surface area contributed by atoms with Crippen LogP contribution in [0.3, 0.4) is 0 Å². The number of hydrogen-bond acceptors (Lipinski definition) is 0. The van der Waals surface area contributed by atoms with Crippen molar-refractivity contribution in [3.63, 3.8) is 0 Å². The van der Waals surface area contributed by atoms with Gasteiger partial charge in [0.25, 0.3) is 0 Å². The van der Waals surface area contributed by atoms with E-state index in [-0.39, 0.29) is 0 Å². The summed E-state index contributed by atoms with van der Waals surface area (Å²) in [5.41, 5.74) is 7.72. The molecule has 0 aliphatic heterocycles. The Labute approximate surface area is 299 Å². The molecule has 0 aliphatic carbocycles. The van der Waals surface area contributed by atoms with Crippen molar-refractivity contribution in [1.29, 1.82) is 0 Å². The average Bonchev–Trinajstić information content (AvgIpc) is 3.14. The van der Waals surface area contributed by atoms with Crippen LogP contribution in [0.4, 0.5) is 0 Å². The molecule has 0 N–H and O–H groups in total. The molecule has 0 amide bonds. The summed E-state index contributed by atoms with van der Waals surface area (Å²) in [6, 6.07) is 64.5. The first-order valence-electron chi connectivity index (χ1n) is 17.3. The molecular formula is C48H40P2. The molecule has 0 heterocycles. The minimum absolute atomic E-state index is 0.727. The molecule has 0 aliphatic rings. The van der Waals surface area contributed by atoms with Crippen molar-refractivity contribution in [3.05, 3.63) is 192 Å². The molecule has 0 spiro atoms. The second kappa shape index (κ2) is 13.8. The summed E-state index contributed by atoms with van der Waals surface area (Å²) in [5, 5.41) is 13.4. The summed E-state index contributed by atoms with van der Waals surface area (Å²) in [5.74, 6) is 0. The predicted octanol–water partition coefficient (Wildman–Crippen LogP) is 10.4. The normalized spacial score (nSPS) is 11.6. The molecule has 0 saturated carbocycles. The molecule has 8 aromatic rings. The van der Waals surface area contributed by atoms with Crippen LogP contribution in [0, 0.1) is 27.7 Å². The second-order valence-corrected chi connectivity index (χ2v) is 17.9. The highest BCUT2D eigenvalue weighted by Gasteiger charge is 2.20. The fraction of sp³-hybridized carbons (Fsp3) is 0.0833. The van der Waals surface area contributed by atoms with E-state index in [1.165, 1.54) is 86.8 Å². The Hall–Kier alpha value is -4.86. The van der Waals surface area contributed by atoms with E-state index in [0.29, 0.717) is 0 Å². The highest BCUT2D eigenvalue weighted by molar-refractivity contribution is 7.80. The van der Waals surface area contributed by atoms with E-state index in [2.05, 4.69) is 198 Å². The van der Waals surface area contributed by atoms with Crippen LogP contribution in [0.1, 0.15) is 22.3 Å². The molecule has 8 rings (SSSR count). The SMILES string of the molecule is Cc1ccc(P(c2ccc(C)cc2)c2ccc3cccc(-c4cccc5ccc(P(c6ccc(C)cc6)c6ccc(C)cc6)cc45)c3c2)cc1. The van der Waals surface area contributed by atoms with Gasteiger partial charge in [-0.15, -0.1) is 0 Å². The number of benzene rings is 8. The molecule has 0 nitrogen and oxygen atoms in total. The van der Waals surface area contributed by atoms with Gasteiger partial charge < -0.3 is 0 Å². The first kappa shape index (κ1) is 32.4. The monoisotopic (exact) mass is 678 g/mol. The third-order valence-corrected chi connectivity index (χ3v) is 14.6. The number of rotatable bonds is 7. The maximum Gasteiger partial charge on any atom is -0.00986 e. The van der Waals surface area contributed by atoms with Crippen molar-refractivity contribution >= 4 is 69.2 Å². The molecule has 0 saturated heterocycles. The fourth-order valence-corrected chi connectivity index (χ4v) is 11.5. The minimum atomic E-state index is -0.727.